The number of aliphatic hydroxyl groups is 1. The number of carbonyl (C=O) groups is 4. The number of hydrogen-bond donors (Lipinski definition) is 1. The molecule has 0 aliphatic heterocycles. The normalized spacial score (nSPS) is 32.6. The molecule has 0 spiro atoms. The Morgan fingerprint density at radius 1 is 0.974 bits per heavy atom. The molecule has 3 rings (SSSR count). The third-order valence-electron chi connectivity index (χ3n) is 7.82. The molecular formula is C31H40O8. The number of allylic oxidation sites excluding steroid dienone is 1. The molecule has 0 heterocycles. The first-order valence-electron chi connectivity index (χ1n) is 13.4. The molecular weight excluding hydrogens is 500 g/mol. The fraction of sp³-hybridized carbons (Fsp3) is 0.548. The van der Waals surface area contributed by atoms with Crippen LogP contribution in [-0.4, -0.2) is 52.7 Å². The molecule has 8 nitrogen and oxygen atoms in total. The molecule has 7 atom stereocenters. The van der Waals surface area contributed by atoms with Gasteiger partial charge in [-0.25, -0.2) is 4.79 Å². The number of rotatable bonds is 4. The number of fused-ring (bicyclic) bond motifs is 1. The SMILES string of the molecule is CC(=O)O[C@@H]1[C@@H](C)C=CC(C)(C)C(=O)C[C@@H](OC(C)=O)C(C)=C[C@H]2[C@@H](OC(=O)c3ccccc3)[C@@H](C)C[C@]12O. The predicted octanol–water partition coefficient (Wildman–Crippen LogP) is 4.60. The standard InChI is InChI=1S/C31H40O8/c1-18-13-14-30(6,7)26(34)16-25(37-21(4)32)19(2)15-24-27(39-29(35)23-11-9-8-10-12-23)20(3)17-31(24,36)28(18)38-22(5)33/h8-15,18,20,24-25,27-28,36H,16-17H2,1-7H3/t18-,20-,24-,25+,27-,28+,31+/m0/s1. The summed E-state index contributed by atoms with van der Waals surface area (Å²) < 4.78 is 17.3. The topological polar surface area (TPSA) is 116 Å². The lowest BCUT2D eigenvalue weighted by Gasteiger charge is -2.40. The summed E-state index contributed by atoms with van der Waals surface area (Å²) in [5.74, 6) is -3.39. The van der Waals surface area contributed by atoms with Crippen LogP contribution < -0.4 is 0 Å². The number of ether oxygens (including phenoxy) is 3. The van der Waals surface area contributed by atoms with Crippen LogP contribution in [0.25, 0.3) is 0 Å². The molecule has 212 valence electrons. The van der Waals surface area contributed by atoms with Gasteiger partial charge < -0.3 is 19.3 Å². The molecule has 2 aliphatic carbocycles. The van der Waals surface area contributed by atoms with Crippen molar-refractivity contribution in [1.29, 1.82) is 0 Å². The smallest absolute Gasteiger partial charge is 0.338 e. The molecule has 1 aromatic carbocycles. The number of ketones is 1. The van der Waals surface area contributed by atoms with E-state index in [-0.39, 0.29) is 24.5 Å². The highest BCUT2D eigenvalue weighted by molar-refractivity contribution is 5.89. The van der Waals surface area contributed by atoms with Gasteiger partial charge in [-0.15, -0.1) is 0 Å². The fourth-order valence-corrected chi connectivity index (χ4v) is 5.65. The summed E-state index contributed by atoms with van der Waals surface area (Å²) in [4.78, 5) is 50.6. The Balaban J connectivity index is 2.17. The second-order valence-electron chi connectivity index (χ2n) is 11.5. The monoisotopic (exact) mass is 540 g/mol. The van der Waals surface area contributed by atoms with Crippen molar-refractivity contribution in [2.75, 3.05) is 0 Å². The Bertz CT molecular complexity index is 1150. The van der Waals surface area contributed by atoms with Gasteiger partial charge in [0.05, 0.1) is 5.56 Å². The largest absolute Gasteiger partial charge is 0.459 e. The molecule has 39 heavy (non-hydrogen) atoms. The lowest BCUT2D eigenvalue weighted by atomic mass is 9.75. The quantitative estimate of drug-likeness (QED) is 0.335. The van der Waals surface area contributed by atoms with Crippen LogP contribution in [0.5, 0.6) is 0 Å². The van der Waals surface area contributed by atoms with Crippen molar-refractivity contribution in [2.45, 2.75) is 85.2 Å². The van der Waals surface area contributed by atoms with Crippen LogP contribution in [0.15, 0.2) is 54.1 Å². The maximum Gasteiger partial charge on any atom is 0.338 e. The fourth-order valence-electron chi connectivity index (χ4n) is 5.65. The summed E-state index contributed by atoms with van der Waals surface area (Å²) in [5.41, 5.74) is -1.61. The maximum absolute atomic E-state index is 13.3. The molecule has 1 fully saturated rings. The molecule has 1 saturated carbocycles. The van der Waals surface area contributed by atoms with E-state index in [2.05, 4.69) is 0 Å². The molecule has 0 radical (unpaired) electrons. The van der Waals surface area contributed by atoms with Gasteiger partial charge in [0.1, 0.15) is 29.7 Å². The van der Waals surface area contributed by atoms with Crippen molar-refractivity contribution in [3.8, 4) is 0 Å². The number of carbonyl (C=O) groups excluding carboxylic acids is 4. The van der Waals surface area contributed by atoms with E-state index >= 15 is 0 Å². The summed E-state index contributed by atoms with van der Waals surface area (Å²) >= 11 is 0. The molecule has 1 N–H and O–H groups in total. The van der Waals surface area contributed by atoms with E-state index in [4.69, 9.17) is 14.2 Å². The number of hydrogen-bond acceptors (Lipinski definition) is 8. The highest BCUT2D eigenvalue weighted by atomic mass is 16.6. The number of benzene rings is 1. The Morgan fingerprint density at radius 3 is 2.18 bits per heavy atom. The Labute approximate surface area is 230 Å². The predicted molar refractivity (Wildman–Crippen MR) is 144 cm³/mol. The zero-order valence-corrected chi connectivity index (χ0v) is 23.8. The number of Topliss-reactive ketones (excluding diaryl/α,β-unsaturated/α-hetero) is 1. The molecule has 0 amide bonds. The minimum atomic E-state index is -1.62. The van der Waals surface area contributed by atoms with E-state index in [0.29, 0.717) is 11.1 Å². The van der Waals surface area contributed by atoms with Gasteiger partial charge in [-0.3, -0.25) is 14.4 Å². The zero-order chi connectivity index (χ0) is 29.1. The minimum absolute atomic E-state index is 0.0593. The van der Waals surface area contributed by atoms with E-state index in [1.54, 1.807) is 69.3 Å². The highest BCUT2D eigenvalue weighted by Crippen LogP contribution is 2.48. The third kappa shape index (κ3) is 6.85. The van der Waals surface area contributed by atoms with E-state index in [1.807, 2.05) is 13.8 Å². The third-order valence-corrected chi connectivity index (χ3v) is 7.82. The van der Waals surface area contributed by atoms with Crippen LogP contribution >= 0.6 is 0 Å². The van der Waals surface area contributed by atoms with Crippen molar-refractivity contribution >= 4 is 23.7 Å². The van der Waals surface area contributed by atoms with Crippen LogP contribution in [0.4, 0.5) is 0 Å². The van der Waals surface area contributed by atoms with Crippen LogP contribution in [-0.2, 0) is 28.6 Å². The van der Waals surface area contributed by atoms with E-state index < -0.39 is 59.1 Å². The van der Waals surface area contributed by atoms with Crippen molar-refractivity contribution in [2.24, 2.45) is 23.2 Å². The first kappa shape index (κ1) is 30.3. The van der Waals surface area contributed by atoms with Gasteiger partial charge in [-0.2, -0.15) is 0 Å². The zero-order valence-electron chi connectivity index (χ0n) is 23.8. The van der Waals surface area contributed by atoms with Gasteiger partial charge in [0.25, 0.3) is 0 Å². The first-order chi connectivity index (χ1) is 18.2. The van der Waals surface area contributed by atoms with E-state index in [1.165, 1.54) is 13.8 Å². The molecule has 2 aliphatic rings. The molecule has 0 bridgehead atoms. The summed E-state index contributed by atoms with van der Waals surface area (Å²) in [6, 6.07) is 8.56. The summed E-state index contributed by atoms with van der Waals surface area (Å²) in [6.45, 7) is 11.5. The van der Waals surface area contributed by atoms with Crippen molar-refractivity contribution in [3.63, 3.8) is 0 Å². The Morgan fingerprint density at radius 2 is 1.59 bits per heavy atom. The van der Waals surface area contributed by atoms with Crippen molar-refractivity contribution < 1.29 is 38.5 Å². The summed E-state index contributed by atoms with van der Waals surface area (Å²) in [5, 5.41) is 12.3. The van der Waals surface area contributed by atoms with E-state index in [0.717, 1.165) is 0 Å². The van der Waals surface area contributed by atoms with Crippen LogP contribution in [0, 0.1) is 23.2 Å². The minimum Gasteiger partial charge on any atom is -0.459 e. The second kappa shape index (κ2) is 11.9. The van der Waals surface area contributed by atoms with Gasteiger partial charge in [0.15, 0.2) is 0 Å². The van der Waals surface area contributed by atoms with Gasteiger partial charge in [-0.05, 0) is 50.8 Å². The van der Waals surface area contributed by atoms with Crippen molar-refractivity contribution in [1.82, 2.24) is 0 Å². The van der Waals surface area contributed by atoms with Crippen molar-refractivity contribution in [3.05, 3.63) is 59.7 Å². The highest BCUT2D eigenvalue weighted by Gasteiger charge is 2.58. The summed E-state index contributed by atoms with van der Waals surface area (Å²) in [7, 11) is 0. The van der Waals surface area contributed by atoms with Crippen LogP contribution in [0.3, 0.4) is 0 Å². The molecule has 8 heteroatoms. The second-order valence-corrected chi connectivity index (χ2v) is 11.5. The molecule has 1 aromatic rings. The average Bonchev–Trinajstić information content (AvgIpc) is 3.09. The van der Waals surface area contributed by atoms with Crippen LogP contribution in [0.2, 0.25) is 0 Å². The van der Waals surface area contributed by atoms with Gasteiger partial charge in [0.2, 0.25) is 0 Å². The lowest BCUT2D eigenvalue weighted by molar-refractivity contribution is -0.173. The van der Waals surface area contributed by atoms with Crippen LogP contribution in [0.1, 0.15) is 71.7 Å². The first-order valence-corrected chi connectivity index (χ1v) is 13.4. The van der Waals surface area contributed by atoms with Gasteiger partial charge >= 0.3 is 17.9 Å². The Hall–Kier alpha value is -3.26. The molecule has 0 unspecified atom stereocenters. The van der Waals surface area contributed by atoms with Gasteiger partial charge in [-0.1, -0.05) is 50.3 Å². The average molecular weight is 541 g/mol. The van der Waals surface area contributed by atoms with E-state index in [9.17, 15) is 24.3 Å². The molecule has 0 aromatic heterocycles. The lowest BCUT2D eigenvalue weighted by Crippen LogP contribution is -2.52. The maximum atomic E-state index is 13.3. The Kier molecular flexibility index (Phi) is 9.21. The molecule has 0 saturated heterocycles. The van der Waals surface area contributed by atoms with Gasteiger partial charge in [0, 0.05) is 37.5 Å². The summed E-state index contributed by atoms with van der Waals surface area (Å²) in [6.07, 6.45) is 2.70. The number of esters is 3.